The molecule has 2 fully saturated rings. The van der Waals surface area contributed by atoms with Crippen molar-refractivity contribution in [2.45, 2.75) is 31.0 Å². The van der Waals surface area contributed by atoms with E-state index < -0.39 is 0 Å². The molecule has 5 heteroatoms. The number of fused-ring (bicyclic) bond motifs is 1. The van der Waals surface area contributed by atoms with Crippen LogP contribution in [0.3, 0.4) is 0 Å². The summed E-state index contributed by atoms with van der Waals surface area (Å²) < 4.78 is 5.69. The maximum atomic E-state index is 11.9. The lowest BCUT2D eigenvalue weighted by atomic mass is 9.68. The van der Waals surface area contributed by atoms with Crippen molar-refractivity contribution in [1.82, 2.24) is 5.32 Å². The molecule has 0 aromatic carbocycles. The summed E-state index contributed by atoms with van der Waals surface area (Å²) >= 11 is 1.52. The minimum absolute atomic E-state index is 0.0206. The molecular weight excluding hydrogens is 236 g/mol. The molecule has 1 aliphatic heterocycles. The quantitative estimate of drug-likeness (QED) is 0.824. The number of ether oxygens (including phenoxy) is 1. The summed E-state index contributed by atoms with van der Waals surface area (Å²) in [7, 11) is 0. The second kappa shape index (κ2) is 4.40. The average molecular weight is 252 g/mol. The number of thiophene rings is 1. The minimum Gasteiger partial charge on any atom is -0.376 e. The fourth-order valence-corrected chi connectivity index (χ4v) is 3.39. The van der Waals surface area contributed by atoms with E-state index in [4.69, 9.17) is 10.5 Å². The highest BCUT2D eigenvalue weighted by Crippen LogP contribution is 2.37. The van der Waals surface area contributed by atoms with Gasteiger partial charge in [0.05, 0.1) is 12.1 Å². The molecule has 3 rings (SSSR count). The number of nitrogens with one attached hydrogen (secondary N) is 1. The minimum atomic E-state index is -0.0423. The Morgan fingerprint density at radius 1 is 1.59 bits per heavy atom. The normalized spacial score (nSPS) is 35.8. The van der Waals surface area contributed by atoms with Crippen LogP contribution in [0.1, 0.15) is 23.2 Å². The van der Waals surface area contributed by atoms with Crippen molar-refractivity contribution in [3.05, 3.63) is 22.4 Å². The molecule has 4 atom stereocenters. The molecule has 0 spiro atoms. The van der Waals surface area contributed by atoms with Gasteiger partial charge in [0, 0.05) is 29.5 Å². The summed E-state index contributed by atoms with van der Waals surface area (Å²) in [5.74, 6) is 0.385. The van der Waals surface area contributed by atoms with Crippen LogP contribution >= 0.6 is 11.3 Å². The monoisotopic (exact) mass is 252 g/mol. The third-order valence-corrected chi connectivity index (χ3v) is 4.44. The summed E-state index contributed by atoms with van der Waals surface area (Å²) in [6.07, 6.45) is 2.33. The lowest BCUT2D eigenvalue weighted by Crippen LogP contribution is -2.72. The Labute approximate surface area is 104 Å². The molecule has 92 valence electrons. The van der Waals surface area contributed by atoms with Crippen molar-refractivity contribution >= 4 is 17.2 Å². The van der Waals surface area contributed by atoms with E-state index in [-0.39, 0.29) is 24.1 Å². The Bertz CT molecular complexity index is 407. The highest BCUT2D eigenvalue weighted by molar-refractivity contribution is 7.08. The zero-order chi connectivity index (χ0) is 11.8. The Hall–Kier alpha value is -0.910. The molecular formula is C12H16N2O2S. The van der Waals surface area contributed by atoms with E-state index in [2.05, 4.69) is 5.32 Å². The molecule has 17 heavy (non-hydrogen) atoms. The van der Waals surface area contributed by atoms with Gasteiger partial charge >= 0.3 is 0 Å². The fourth-order valence-electron chi connectivity index (χ4n) is 2.75. The second-order valence-electron chi connectivity index (χ2n) is 4.73. The molecule has 4 nitrogen and oxygen atoms in total. The highest BCUT2D eigenvalue weighted by atomic mass is 32.1. The smallest absolute Gasteiger partial charge is 0.252 e. The SMILES string of the molecule is NC1C2CCCOC2C1NC(=O)c1ccsc1. The van der Waals surface area contributed by atoms with Gasteiger partial charge in [0.25, 0.3) is 5.91 Å². The Kier molecular flexibility index (Phi) is 2.90. The van der Waals surface area contributed by atoms with Crippen molar-refractivity contribution in [2.24, 2.45) is 11.7 Å². The zero-order valence-corrected chi connectivity index (χ0v) is 10.3. The standard InChI is InChI=1S/C12H16N2O2S/c13-9-8-2-1-4-16-11(8)10(9)14-12(15)7-3-5-17-6-7/h3,5-6,8-11H,1-2,4,13H2,(H,14,15). The van der Waals surface area contributed by atoms with Gasteiger partial charge in [0.15, 0.2) is 0 Å². The first-order valence-corrected chi connectivity index (χ1v) is 6.92. The number of carbonyl (C=O) groups is 1. The lowest BCUT2D eigenvalue weighted by molar-refractivity contribution is -0.117. The summed E-state index contributed by atoms with van der Waals surface area (Å²) in [5, 5.41) is 6.73. The predicted octanol–water partition coefficient (Wildman–Crippen LogP) is 0.983. The van der Waals surface area contributed by atoms with Gasteiger partial charge in [-0.3, -0.25) is 4.79 Å². The van der Waals surface area contributed by atoms with Crippen molar-refractivity contribution < 1.29 is 9.53 Å². The largest absolute Gasteiger partial charge is 0.376 e. The van der Waals surface area contributed by atoms with Crippen molar-refractivity contribution in [3.63, 3.8) is 0 Å². The van der Waals surface area contributed by atoms with Gasteiger partial charge in [-0.25, -0.2) is 0 Å². The van der Waals surface area contributed by atoms with E-state index in [0.717, 1.165) is 19.4 Å². The first kappa shape index (κ1) is 11.2. The first-order valence-electron chi connectivity index (χ1n) is 5.97. The summed E-state index contributed by atoms with van der Waals surface area (Å²) in [4.78, 5) is 11.9. The number of amides is 1. The Balaban J connectivity index is 1.64. The van der Waals surface area contributed by atoms with Crippen LogP contribution in [-0.4, -0.2) is 30.7 Å². The van der Waals surface area contributed by atoms with Crippen LogP contribution < -0.4 is 11.1 Å². The average Bonchev–Trinajstić information content (AvgIpc) is 2.89. The van der Waals surface area contributed by atoms with Gasteiger partial charge in [0.2, 0.25) is 0 Å². The van der Waals surface area contributed by atoms with Crippen molar-refractivity contribution in [3.8, 4) is 0 Å². The molecule has 4 unspecified atom stereocenters. The fraction of sp³-hybridized carbons (Fsp3) is 0.583. The van der Waals surface area contributed by atoms with Crippen LogP contribution in [0.2, 0.25) is 0 Å². The highest BCUT2D eigenvalue weighted by Gasteiger charge is 2.51. The van der Waals surface area contributed by atoms with Gasteiger partial charge in [-0.15, -0.1) is 0 Å². The molecule has 1 aromatic heterocycles. The maximum absolute atomic E-state index is 11.9. The summed E-state index contributed by atoms with van der Waals surface area (Å²) in [6, 6.07) is 1.85. The maximum Gasteiger partial charge on any atom is 0.252 e. The Morgan fingerprint density at radius 3 is 3.24 bits per heavy atom. The van der Waals surface area contributed by atoms with Crippen LogP contribution in [0, 0.1) is 5.92 Å². The van der Waals surface area contributed by atoms with E-state index in [1.807, 2.05) is 16.8 Å². The Morgan fingerprint density at radius 2 is 2.47 bits per heavy atom. The third kappa shape index (κ3) is 1.88. The zero-order valence-electron chi connectivity index (χ0n) is 9.46. The predicted molar refractivity (Wildman–Crippen MR) is 66.0 cm³/mol. The number of hydrogen-bond acceptors (Lipinski definition) is 4. The van der Waals surface area contributed by atoms with Crippen molar-refractivity contribution in [2.75, 3.05) is 6.61 Å². The number of nitrogens with two attached hydrogens (primary N) is 1. The van der Waals surface area contributed by atoms with Crippen LogP contribution in [-0.2, 0) is 4.74 Å². The van der Waals surface area contributed by atoms with Gasteiger partial charge in [0.1, 0.15) is 0 Å². The molecule has 2 heterocycles. The summed E-state index contributed by atoms with van der Waals surface area (Å²) in [5.41, 5.74) is 6.80. The van der Waals surface area contributed by atoms with E-state index in [9.17, 15) is 4.79 Å². The van der Waals surface area contributed by atoms with Gasteiger partial charge < -0.3 is 15.8 Å². The molecule has 1 saturated heterocycles. The number of rotatable bonds is 2. The van der Waals surface area contributed by atoms with Gasteiger partial charge in [-0.2, -0.15) is 11.3 Å². The topological polar surface area (TPSA) is 64.3 Å². The first-order chi connectivity index (χ1) is 8.27. The molecule has 1 aliphatic carbocycles. The van der Waals surface area contributed by atoms with Gasteiger partial charge in [-0.1, -0.05) is 0 Å². The number of hydrogen-bond donors (Lipinski definition) is 2. The molecule has 0 bridgehead atoms. The van der Waals surface area contributed by atoms with Crippen LogP contribution in [0.15, 0.2) is 16.8 Å². The molecule has 1 saturated carbocycles. The van der Waals surface area contributed by atoms with Crippen molar-refractivity contribution in [1.29, 1.82) is 0 Å². The van der Waals surface area contributed by atoms with E-state index in [1.54, 1.807) is 0 Å². The number of carbonyl (C=O) groups excluding carboxylic acids is 1. The van der Waals surface area contributed by atoms with Gasteiger partial charge in [-0.05, 0) is 24.3 Å². The second-order valence-corrected chi connectivity index (χ2v) is 5.51. The third-order valence-electron chi connectivity index (χ3n) is 3.76. The van der Waals surface area contributed by atoms with Crippen LogP contribution in [0.25, 0.3) is 0 Å². The van der Waals surface area contributed by atoms with Crippen LogP contribution in [0.4, 0.5) is 0 Å². The molecule has 1 amide bonds. The molecule has 0 radical (unpaired) electrons. The van der Waals surface area contributed by atoms with E-state index in [0.29, 0.717) is 11.5 Å². The van der Waals surface area contributed by atoms with Crippen LogP contribution in [0.5, 0.6) is 0 Å². The van der Waals surface area contributed by atoms with E-state index >= 15 is 0 Å². The van der Waals surface area contributed by atoms with E-state index in [1.165, 1.54) is 11.3 Å². The molecule has 2 aliphatic rings. The molecule has 1 aromatic rings. The molecule has 3 N–H and O–H groups in total. The summed E-state index contributed by atoms with van der Waals surface area (Å²) in [6.45, 7) is 0.790. The lowest BCUT2D eigenvalue weighted by Gasteiger charge is -2.52.